The number of ether oxygens (including phenoxy) is 1. The molecule has 2 aliphatic rings. The van der Waals surface area contributed by atoms with E-state index < -0.39 is 10.0 Å². The summed E-state index contributed by atoms with van der Waals surface area (Å²) in [7, 11) is -3.88. The largest absolute Gasteiger partial charge is 0.482 e. The van der Waals surface area contributed by atoms with Crippen molar-refractivity contribution in [3.63, 3.8) is 0 Å². The van der Waals surface area contributed by atoms with E-state index in [1.165, 1.54) is 11.0 Å². The van der Waals surface area contributed by atoms with E-state index in [4.69, 9.17) is 9.26 Å². The van der Waals surface area contributed by atoms with Crippen molar-refractivity contribution in [2.45, 2.75) is 51.0 Å². The molecule has 0 unspecified atom stereocenters. The Bertz CT molecular complexity index is 1360. The number of sulfonamides is 1. The van der Waals surface area contributed by atoms with Gasteiger partial charge in [0.25, 0.3) is 15.9 Å². The molecular weight excluding hydrogens is 444 g/mol. The van der Waals surface area contributed by atoms with Gasteiger partial charge in [0, 0.05) is 12.0 Å². The van der Waals surface area contributed by atoms with Gasteiger partial charge in [-0.25, -0.2) is 8.42 Å². The van der Waals surface area contributed by atoms with Crippen LogP contribution >= 0.6 is 0 Å². The molecule has 1 amide bonds. The highest BCUT2D eigenvalue weighted by molar-refractivity contribution is 7.92. The Morgan fingerprint density at radius 1 is 1.12 bits per heavy atom. The van der Waals surface area contributed by atoms with Crippen molar-refractivity contribution in [3.8, 4) is 5.75 Å². The van der Waals surface area contributed by atoms with Gasteiger partial charge in [-0.15, -0.1) is 0 Å². The van der Waals surface area contributed by atoms with Crippen LogP contribution in [0.5, 0.6) is 5.75 Å². The molecule has 0 radical (unpaired) electrons. The van der Waals surface area contributed by atoms with Crippen molar-refractivity contribution in [3.05, 3.63) is 58.7 Å². The van der Waals surface area contributed by atoms with Gasteiger partial charge < -0.3 is 9.26 Å². The molecule has 1 saturated carbocycles. The highest BCUT2D eigenvalue weighted by Crippen LogP contribution is 2.40. The smallest absolute Gasteiger partial charge is 0.265 e. The molecule has 0 spiro atoms. The number of aryl methyl sites for hydroxylation is 3. The first-order chi connectivity index (χ1) is 15.7. The van der Waals surface area contributed by atoms with Crippen LogP contribution in [0.2, 0.25) is 0 Å². The van der Waals surface area contributed by atoms with Crippen LogP contribution in [-0.2, 0) is 21.4 Å². The summed E-state index contributed by atoms with van der Waals surface area (Å²) >= 11 is 0. The average Bonchev–Trinajstić information content (AvgIpc) is 3.50. The lowest BCUT2D eigenvalue weighted by Gasteiger charge is -2.29. The summed E-state index contributed by atoms with van der Waals surface area (Å²) in [6, 6.07) is 8.61. The number of rotatable bonds is 6. The minimum Gasteiger partial charge on any atom is -0.482 e. The van der Waals surface area contributed by atoms with E-state index in [-0.39, 0.29) is 24.0 Å². The summed E-state index contributed by atoms with van der Waals surface area (Å²) < 4.78 is 39.9. The molecule has 0 saturated heterocycles. The number of anilines is 2. The average molecular weight is 469 g/mol. The fraction of sp³-hybridized carbons (Fsp3) is 0.348. The van der Waals surface area contributed by atoms with Crippen molar-refractivity contribution in [2.24, 2.45) is 0 Å². The van der Waals surface area contributed by atoms with Gasteiger partial charge in [0.15, 0.2) is 12.4 Å². The summed E-state index contributed by atoms with van der Waals surface area (Å²) in [5.41, 5.74) is 3.35. The number of fused-ring (bicyclic) bond motifs is 1. The molecule has 33 heavy (non-hydrogen) atoms. The SMILES string of the molecule is Cc1ccc(NS(=O)(=O)c2cc3c(cc2C)N(Cc2noc(C4CC4)n2)C(=O)CO3)c(C)c1. The predicted octanol–water partition coefficient (Wildman–Crippen LogP) is 3.60. The van der Waals surface area contributed by atoms with Crippen LogP contribution in [0.4, 0.5) is 11.4 Å². The number of amides is 1. The number of benzene rings is 2. The molecule has 1 aliphatic heterocycles. The molecular formula is C23H24N4O5S. The molecule has 0 bridgehead atoms. The van der Waals surface area contributed by atoms with Crippen LogP contribution < -0.4 is 14.4 Å². The van der Waals surface area contributed by atoms with Gasteiger partial charge >= 0.3 is 0 Å². The van der Waals surface area contributed by atoms with Gasteiger partial charge in [-0.2, -0.15) is 4.98 Å². The second-order valence-electron chi connectivity index (χ2n) is 8.60. The first kappa shape index (κ1) is 21.4. The van der Waals surface area contributed by atoms with Crippen molar-refractivity contribution in [1.29, 1.82) is 0 Å². The van der Waals surface area contributed by atoms with Gasteiger partial charge in [0.1, 0.15) is 5.75 Å². The van der Waals surface area contributed by atoms with E-state index in [0.717, 1.165) is 24.0 Å². The number of carbonyl (C=O) groups excluding carboxylic acids is 1. The number of nitrogens with zero attached hydrogens (tertiary/aromatic N) is 3. The fourth-order valence-electron chi connectivity index (χ4n) is 3.89. The van der Waals surface area contributed by atoms with E-state index in [9.17, 15) is 13.2 Å². The van der Waals surface area contributed by atoms with Crippen LogP contribution in [0.3, 0.4) is 0 Å². The summed E-state index contributed by atoms with van der Waals surface area (Å²) in [6.45, 7) is 5.41. The van der Waals surface area contributed by atoms with E-state index in [1.54, 1.807) is 19.1 Å². The predicted molar refractivity (Wildman–Crippen MR) is 121 cm³/mol. The third kappa shape index (κ3) is 4.18. The zero-order valence-corrected chi connectivity index (χ0v) is 19.4. The minimum absolute atomic E-state index is 0.0890. The van der Waals surface area contributed by atoms with E-state index in [1.807, 2.05) is 26.0 Å². The Morgan fingerprint density at radius 2 is 1.91 bits per heavy atom. The van der Waals surface area contributed by atoms with Gasteiger partial charge in [-0.05, 0) is 56.9 Å². The van der Waals surface area contributed by atoms with Crippen LogP contribution in [-0.4, -0.2) is 31.1 Å². The standard InChI is InChI=1S/C23H24N4O5S/c1-13-4-7-17(14(2)8-13)26-33(29,30)20-10-19-18(9-15(20)3)27(22(28)12-31-19)11-21-24-23(32-25-21)16-5-6-16/h4,7-10,16,26H,5-6,11-12H2,1-3H3. The van der Waals surface area contributed by atoms with Crippen molar-refractivity contribution in [1.82, 2.24) is 10.1 Å². The summed E-state index contributed by atoms with van der Waals surface area (Å²) in [5.74, 6) is 1.37. The first-order valence-corrected chi connectivity index (χ1v) is 12.2. The lowest BCUT2D eigenvalue weighted by atomic mass is 10.1. The van der Waals surface area contributed by atoms with Crippen molar-refractivity contribution >= 4 is 27.3 Å². The number of carbonyl (C=O) groups is 1. The minimum atomic E-state index is -3.88. The second-order valence-corrected chi connectivity index (χ2v) is 10.3. The Balaban J connectivity index is 1.45. The maximum atomic E-state index is 13.2. The third-order valence-electron chi connectivity index (χ3n) is 5.83. The number of hydrogen-bond donors (Lipinski definition) is 1. The molecule has 1 N–H and O–H groups in total. The number of hydrogen-bond acceptors (Lipinski definition) is 7. The summed E-state index contributed by atoms with van der Waals surface area (Å²) in [5, 5.41) is 3.99. The highest BCUT2D eigenvalue weighted by Gasteiger charge is 2.32. The maximum Gasteiger partial charge on any atom is 0.265 e. The van der Waals surface area contributed by atoms with Gasteiger partial charge in [-0.3, -0.25) is 14.4 Å². The molecule has 172 valence electrons. The lowest BCUT2D eigenvalue weighted by molar-refractivity contribution is -0.121. The highest BCUT2D eigenvalue weighted by atomic mass is 32.2. The molecule has 9 nitrogen and oxygen atoms in total. The van der Waals surface area contributed by atoms with Crippen molar-refractivity contribution in [2.75, 3.05) is 16.2 Å². The molecule has 5 rings (SSSR count). The third-order valence-corrected chi connectivity index (χ3v) is 7.33. The summed E-state index contributed by atoms with van der Waals surface area (Å²) in [4.78, 5) is 18.6. The topological polar surface area (TPSA) is 115 Å². The lowest BCUT2D eigenvalue weighted by Crippen LogP contribution is -2.38. The quantitative estimate of drug-likeness (QED) is 0.588. The first-order valence-electron chi connectivity index (χ1n) is 10.7. The van der Waals surface area contributed by atoms with Crippen molar-refractivity contribution < 1.29 is 22.5 Å². The molecule has 0 atom stereocenters. The Kier molecular flexibility index (Phi) is 5.12. The van der Waals surface area contributed by atoms with Gasteiger partial charge in [-0.1, -0.05) is 22.9 Å². The number of aromatic nitrogens is 2. The van der Waals surface area contributed by atoms with Crippen LogP contribution in [0, 0.1) is 20.8 Å². The van der Waals surface area contributed by atoms with Crippen LogP contribution in [0.15, 0.2) is 39.8 Å². The zero-order valence-electron chi connectivity index (χ0n) is 18.6. The molecule has 1 aromatic heterocycles. The molecule has 1 aliphatic carbocycles. The second kappa shape index (κ2) is 7.87. The zero-order chi connectivity index (χ0) is 23.3. The maximum absolute atomic E-state index is 13.2. The summed E-state index contributed by atoms with van der Waals surface area (Å²) in [6.07, 6.45) is 2.07. The van der Waals surface area contributed by atoms with E-state index in [2.05, 4.69) is 14.9 Å². The van der Waals surface area contributed by atoms with E-state index >= 15 is 0 Å². The fourth-order valence-corrected chi connectivity index (χ4v) is 5.27. The Hall–Kier alpha value is -3.40. The Labute approximate surface area is 191 Å². The molecule has 2 heterocycles. The normalized spacial score (nSPS) is 15.8. The van der Waals surface area contributed by atoms with E-state index in [0.29, 0.717) is 40.3 Å². The van der Waals surface area contributed by atoms with Crippen LogP contribution in [0.1, 0.15) is 47.2 Å². The van der Waals surface area contributed by atoms with Gasteiger partial charge in [0.2, 0.25) is 5.89 Å². The number of nitrogens with one attached hydrogen (secondary N) is 1. The molecule has 10 heteroatoms. The Morgan fingerprint density at radius 3 is 2.64 bits per heavy atom. The monoisotopic (exact) mass is 468 g/mol. The van der Waals surface area contributed by atoms with Crippen LogP contribution in [0.25, 0.3) is 0 Å². The molecule has 1 fully saturated rings. The molecule has 3 aromatic rings. The molecule has 2 aromatic carbocycles. The van der Waals surface area contributed by atoms with Gasteiger partial charge in [0.05, 0.1) is 22.8 Å².